The first-order chi connectivity index (χ1) is 8.63. The van der Waals surface area contributed by atoms with E-state index in [9.17, 15) is 4.79 Å². The van der Waals surface area contributed by atoms with Crippen LogP contribution in [0.1, 0.15) is 18.4 Å². The molecule has 4 heteroatoms. The average molecular weight is 251 g/mol. The summed E-state index contributed by atoms with van der Waals surface area (Å²) in [6, 6.07) is 7.76. The van der Waals surface area contributed by atoms with E-state index < -0.39 is 0 Å². The van der Waals surface area contributed by atoms with Gasteiger partial charge in [-0.2, -0.15) is 0 Å². The Labute approximate surface area is 108 Å². The number of hydrogen-bond donors (Lipinski definition) is 1. The first kappa shape index (κ1) is 14.5. The van der Waals surface area contributed by atoms with Crippen molar-refractivity contribution in [2.45, 2.75) is 19.8 Å². The molecule has 0 spiro atoms. The van der Waals surface area contributed by atoms with Crippen molar-refractivity contribution >= 4 is 5.91 Å². The van der Waals surface area contributed by atoms with Crippen molar-refractivity contribution in [3.05, 3.63) is 29.8 Å². The van der Waals surface area contributed by atoms with Crippen LogP contribution in [0.4, 0.5) is 0 Å². The predicted octanol–water partition coefficient (Wildman–Crippen LogP) is 1.60. The van der Waals surface area contributed by atoms with Crippen LogP contribution in [0.15, 0.2) is 24.3 Å². The fourth-order valence-electron chi connectivity index (χ4n) is 1.58. The van der Waals surface area contributed by atoms with Gasteiger partial charge in [-0.3, -0.25) is 4.79 Å². The smallest absolute Gasteiger partial charge is 0.225 e. The van der Waals surface area contributed by atoms with Crippen LogP contribution < -0.4 is 4.74 Å². The highest BCUT2D eigenvalue weighted by molar-refractivity contribution is 5.75. The van der Waals surface area contributed by atoms with Crippen LogP contribution in [0.25, 0.3) is 0 Å². The zero-order chi connectivity index (χ0) is 13.4. The predicted molar refractivity (Wildman–Crippen MR) is 70.6 cm³/mol. The number of benzene rings is 1. The van der Waals surface area contributed by atoms with Gasteiger partial charge in [0.05, 0.1) is 13.0 Å². The SMILES string of the molecule is Cc1cccc(OCCC(=O)N(C)CCCO)c1. The molecule has 0 saturated heterocycles. The highest BCUT2D eigenvalue weighted by Crippen LogP contribution is 2.12. The van der Waals surface area contributed by atoms with Gasteiger partial charge in [0.1, 0.15) is 5.75 Å². The van der Waals surface area contributed by atoms with E-state index in [1.165, 1.54) is 0 Å². The fraction of sp³-hybridized carbons (Fsp3) is 0.500. The maximum absolute atomic E-state index is 11.7. The van der Waals surface area contributed by atoms with Gasteiger partial charge in [-0.25, -0.2) is 0 Å². The summed E-state index contributed by atoms with van der Waals surface area (Å²) in [6.07, 6.45) is 0.969. The largest absolute Gasteiger partial charge is 0.493 e. The second-order valence-electron chi connectivity index (χ2n) is 4.31. The maximum atomic E-state index is 11.7. The number of aryl methyl sites for hydroxylation is 1. The first-order valence-corrected chi connectivity index (χ1v) is 6.18. The first-order valence-electron chi connectivity index (χ1n) is 6.18. The highest BCUT2D eigenvalue weighted by Gasteiger charge is 2.08. The summed E-state index contributed by atoms with van der Waals surface area (Å²) >= 11 is 0. The summed E-state index contributed by atoms with van der Waals surface area (Å²) in [5, 5.41) is 8.68. The monoisotopic (exact) mass is 251 g/mol. The lowest BCUT2D eigenvalue weighted by Crippen LogP contribution is -2.29. The van der Waals surface area contributed by atoms with E-state index in [1.807, 2.05) is 31.2 Å². The Balaban J connectivity index is 2.27. The number of amides is 1. The summed E-state index contributed by atoms with van der Waals surface area (Å²) in [6.45, 7) is 3.07. The molecule has 1 aromatic rings. The number of aliphatic hydroxyl groups excluding tert-OH is 1. The lowest BCUT2D eigenvalue weighted by molar-refractivity contribution is -0.130. The summed E-state index contributed by atoms with van der Waals surface area (Å²) in [7, 11) is 1.74. The van der Waals surface area contributed by atoms with Crippen molar-refractivity contribution in [1.29, 1.82) is 0 Å². The molecule has 1 N–H and O–H groups in total. The Morgan fingerprint density at radius 1 is 1.44 bits per heavy atom. The Bertz CT molecular complexity index is 379. The lowest BCUT2D eigenvalue weighted by atomic mass is 10.2. The molecule has 0 aromatic heterocycles. The molecule has 0 aliphatic carbocycles. The van der Waals surface area contributed by atoms with E-state index >= 15 is 0 Å². The van der Waals surface area contributed by atoms with E-state index in [1.54, 1.807) is 11.9 Å². The molecule has 0 fully saturated rings. The highest BCUT2D eigenvalue weighted by atomic mass is 16.5. The summed E-state index contributed by atoms with van der Waals surface area (Å²) in [5.41, 5.74) is 1.14. The third-order valence-electron chi connectivity index (χ3n) is 2.65. The molecule has 18 heavy (non-hydrogen) atoms. The lowest BCUT2D eigenvalue weighted by Gasteiger charge is -2.16. The fourth-order valence-corrected chi connectivity index (χ4v) is 1.58. The summed E-state index contributed by atoms with van der Waals surface area (Å²) in [5.74, 6) is 0.830. The minimum absolute atomic E-state index is 0.0381. The zero-order valence-electron chi connectivity index (χ0n) is 11.1. The maximum Gasteiger partial charge on any atom is 0.225 e. The van der Waals surface area contributed by atoms with Gasteiger partial charge in [0.25, 0.3) is 0 Å². The molecule has 0 saturated carbocycles. The van der Waals surface area contributed by atoms with E-state index in [-0.39, 0.29) is 12.5 Å². The normalized spacial score (nSPS) is 10.2. The minimum atomic E-state index is 0.0381. The molecule has 0 unspecified atom stereocenters. The van der Waals surface area contributed by atoms with Crippen LogP contribution in [0.3, 0.4) is 0 Å². The Hall–Kier alpha value is -1.55. The van der Waals surface area contributed by atoms with Gasteiger partial charge in [0.2, 0.25) is 5.91 Å². The van der Waals surface area contributed by atoms with E-state index in [2.05, 4.69) is 0 Å². The molecule has 1 rings (SSSR count). The van der Waals surface area contributed by atoms with Gasteiger partial charge in [-0.05, 0) is 31.0 Å². The molecular formula is C14H21NO3. The Morgan fingerprint density at radius 3 is 2.89 bits per heavy atom. The number of carbonyl (C=O) groups is 1. The van der Waals surface area contributed by atoms with Gasteiger partial charge in [0.15, 0.2) is 0 Å². The van der Waals surface area contributed by atoms with Crippen molar-refractivity contribution in [3.8, 4) is 5.75 Å². The quantitative estimate of drug-likeness (QED) is 0.801. The average Bonchev–Trinajstić information content (AvgIpc) is 2.35. The van der Waals surface area contributed by atoms with Crippen molar-refractivity contribution in [1.82, 2.24) is 4.90 Å². The molecule has 1 amide bonds. The van der Waals surface area contributed by atoms with Crippen LogP contribution in [-0.2, 0) is 4.79 Å². The number of nitrogens with zero attached hydrogens (tertiary/aromatic N) is 1. The topological polar surface area (TPSA) is 49.8 Å². The van der Waals surface area contributed by atoms with E-state index in [4.69, 9.17) is 9.84 Å². The second-order valence-corrected chi connectivity index (χ2v) is 4.31. The Morgan fingerprint density at radius 2 is 2.22 bits per heavy atom. The second kappa shape index (κ2) is 7.71. The van der Waals surface area contributed by atoms with Crippen LogP contribution in [0, 0.1) is 6.92 Å². The van der Waals surface area contributed by atoms with E-state index in [0.29, 0.717) is 26.0 Å². The number of carbonyl (C=O) groups excluding carboxylic acids is 1. The number of ether oxygens (including phenoxy) is 1. The molecule has 0 bridgehead atoms. The zero-order valence-corrected chi connectivity index (χ0v) is 11.1. The number of rotatable bonds is 7. The van der Waals surface area contributed by atoms with Crippen LogP contribution >= 0.6 is 0 Å². The molecule has 0 heterocycles. The summed E-state index contributed by atoms with van der Waals surface area (Å²) < 4.78 is 5.52. The minimum Gasteiger partial charge on any atom is -0.493 e. The van der Waals surface area contributed by atoms with Crippen LogP contribution in [-0.4, -0.2) is 42.7 Å². The van der Waals surface area contributed by atoms with Crippen LogP contribution in [0.5, 0.6) is 5.75 Å². The molecule has 0 aliphatic heterocycles. The third-order valence-corrected chi connectivity index (χ3v) is 2.65. The third kappa shape index (κ3) is 5.19. The summed E-state index contributed by atoms with van der Waals surface area (Å²) in [4.78, 5) is 13.3. The molecule has 0 atom stereocenters. The van der Waals surface area contributed by atoms with Crippen molar-refractivity contribution in [2.75, 3.05) is 26.8 Å². The standard InChI is InChI=1S/C14H21NO3/c1-12-5-3-6-13(11-12)18-10-7-14(17)15(2)8-4-9-16/h3,5-6,11,16H,4,7-10H2,1-2H3. The van der Waals surface area contributed by atoms with Gasteiger partial charge < -0.3 is 14.7 Å². The van der Waals surface area contributed by atoms with Crippen molar-refractivity contribution in [2.24, 2.45) is 0 Å². The molecule has 4 nitrogen and oxygen atoms in total. The molecule has 0 radical (unpaired) electrons. The van der Waals surface area contributed by atoms with Gasteiger partial charge in [-0.1, -0.05) is 12.1 Å². The van der Waals surface area contributed by atoms with E-state index in [0.717, 1.165) is 11.3 Å². The van der Waals surface area contributed by atoms with Gasteiger partial charge in [-0.15, -0.1) is 0 Å². The van der Waals surface area contributed by atoms with Crippen molar-refractivity contribution in [3.63, 3.8) is 0 Å². The van der Waals surface area contributed by atoms with Crippen LogP contribution in [0.2, 0.25) is 0 Å². The van der Waals surface area contributed by atoms with Gasteiger partial charge >= 0.3 is 0 Å². The van der Waals surface area contributed by atoms with Gasteiger partial charge in [0, 0.05) is 20.2 Å². The molecule has 1 aromatic carbocycles. The Kier molecular flexibility index (Phi) is 6.22. The molecule has 0 aliphatic rings. The molecule has 100 valence electrons. The number of aliphatic hydroxyl groups is 1. The van der Waals surface area contributed by atoms with Crippen molar-refractivity contribution < 1.29 is 14.6 Å². The molecular weight excluding hydrogens is 230 g/mol. The number of hydrogen-bond acceptors (Lipinski definition) is 3.